The summed E-state index contributed by atoms with van der Waals surface area (Å²) in [6, 6.07) is 0.508. The molecule has 4 nitrogen and oxygen atoms in total. The molecule has 1 unspecified atom stereocenters. The summed E-state index contributed by atoms with van der Waals surface area (Å²) in [4.78, 5) is 13.7. The SMILES string of the molecule is CCCN(C)CCC(C)(NC1CC1)C(N)=O. The summed E-state index contributed by atoms with van der Waals surface area (Å²) in [5.41, 5.74) is 4.95. The average molecular weight is 227 g/mol. The Morgan fingerprint density at radius 1 is 1.50 bits per heavy atom. The molecular weight excluding hydrogens is 202 g/mol. The Bertz CT molecular complexity index is 240. The summed E-state index contributed by atoms with van der Waals surface area (Å²) >= 11 is 0. The number of carbonyl (C=O) groups is 1. The van der Waals surface area contributed by atoms with Crippen molar-refractivity contribution in [3.8, 4) is 0 Å². The molecule has 0 aromatic rings. The highest BCUT2D eigenvalue weighted by Crippen LogP contribution is 2.24. The summed E-state index contributed by atoms with van der Waals surface area (Å²) in [7, 11) is 2.09. The molecule has 1 fully saturated rings. The number of nitrogens with zero attached hydrogens (tertiary/aromatic N) is 1. The van der Waals surface area contributed by atoms with Crippen LogP contribution in [0.2, 0.25) is 0 Å². The summed E-state index contributed by atoms with van der Waals surface area (Å²) in [5, 5.41) is 3.36. The van der Waals surface area contributed by atoms with Gasteiger partial charge in [0.15, 0.2) is 0 Å². The van der Waals surface area contributed by atoms with Crippen LogP contribution in [0.25, 0.3) is 0 Å². The van der Waals surface area contributed by atoms with Crippen LogP contribution >= 0.6 is 0 Å². The molecule has 0 aromatic heterocycles. The lowest BCUT2D eigenvalue weighted by Crippen LogP contribution is -2.55. The Balaban J connectivity index is 2.40. The van der Waals surface area contributed by atoms with Crippen molar-refractivity contribution >= 4 is 5.91 Å². The average Bonchev–Trinajstić information content (AvgIpc) is 2.99. The van der Waals surface area contributed by atoms with Gasteiger partial charge in [-0.15, -0.1) is 0 Å². The van der Waals surface area contributed by atoms with E-state index < -0.39 is 5.54 Å². The molecule has 0 radical (unpaired) electrons. The molecule has 0 aromatic carbocycles. The minimum atomic E-state index is -0.539. The molecule has 3 N–H and O–H groups in total. The van der Waals surface area contributed by atoms with Gasteiger partial charge in [0.2, 0.25) is 5.91 Å². The third kappa shape index (κ3) is 4.10. The molecule has 1 aliphatic rings. The maximum Gasteiger partial charge on any atom is 0.237 e. The topological polar surface area (TPSA) is 58.4 Å². The number of primary amides is 1. The van der Waals surface area contributed by atoms with Crippen molar-refractivity contribution in [3.05, 3.63) is 0 Å². The van der Waals surface area contributed by atoms with Gasteiger partial charge < -0.3 is 16.0 Å². The van der Waals surface area contributed by atoms with Crippen molar-refractivity contribution in [3.63, 3.8) is 0 Å². The summed E-state index contributed by atoms with van der Waals surface area (Å²) in [6.45, 7) is 6.06. The number of hydrogen-bond donors (Lipinski definition) is 2. The van der Waals surface area contributed by atoms with Gasteiger partial charge in [-0.1, -0.05) is 6.92 Å². The van der Waals surface area contributed by atoms with Gasteiger partial charge in [-0.05, 0) is 46.2 Å². The Morgan fingerprint density at radius 3 is 2.56 bits per heavy atom. The van der Waals surface area contributed by atoms with Gasteiger partial charge in [-0.2, -0.15) is 0 Å². The highest BCUT2D eigenvalue weighted by molar-refractivity contribution is 5.84. The van der Waals surface area contributed by atoms with Crippen molar-refractivity contribution < 1.29 is 4.79 Å². The lowest BCUT2D eigenvalue weighted by molar-refractivity contribution is -0.124. The van der Waals surface area contributed by atoms with Gasteiger partial charge in [0.25, 0.3) is 0 Å². The lowest BCUT2D eigenvalue weighted by atomic mass is 9.96. The van der Waals surface area contributed by atoms with Crippen LogP contribution in [0.1, 0.15) is 39.5 Å². The molecule has 1 rings (SSSR count). The van der Waals surface area contributed by atoms with E-state index in [4.69, 9.17) is 5.73 Å². The fraction of sp³-hybridized carbons (Fsp3) is 0.917. The van der Waals surface area contributed by atoms with E-state index in [0.29, 0.717) is 6.04 Å². The van der Waals surface area contributed by atoms with Gasteiger partial charge in [0.1, 0.15) is 0 Å². The van der Waals surface area contributed by atoms with Crippen LogP contribution in [0, 0.1) is 0 Å². The van der Waals surface area contributed by atoms with Crippen LogP contribution in [-0.4, -0.2) is 42.5 Å². The zero-order chi connectivity index (χ0) is 12.2. The van der Waals surface area contributed by atoms with E-state index >= 15 is 0 Å². The normalized spacial score (nSPS) is 19.8. The molecule has 0 aliphatic heterocycles. The van der Waals surface area contributed by atoms with Crippen LogP contribution in [0.15, 0.2) is 0 Å². The van der Waals surface area contributed by atoms with Crippen LogP contribution < -0.4 is 11.1 Å². The molecule has 1 aliphatic carbocycles. The second-order valence-electron chi connectivity index (χ2n) is 5.17. The number of carbonyl (C=O) groups excluding carboxylic acids is 1. The minimum absolute atomic E-state index is 0.232. The van der Waals surface area contributed by atoms with Gasteiger partial charge in [0, 0.05) is 12.6 Å². The van der Waals surface area contributed by atoms with E-state index in [1.807, 2.05) is 6.92 Å². The Morgan fingerprint density at radius 2 is 2.12 bits per heavy atom. The number of amides is 1. The van der Waals surface area contributed by atoms with Crippen molar-refractivity contribution in [1.82, 2.24) is 10.2 Å². The largest absolute Gasteiger partial charge is 0.368 e. The number of rotatable bonds is 8. The smallest absolute Gasteiger partial charge is 0.237 e. The zero-order valence-electron chi connectivity index (χ0n) is 10.8. The van der Waals surface area contributed by atoms with Gasteiger partial charge in [-0.3, -0.25) is 4.79 Å². The number of nitrogens with one attached hydrogen (secondary N) is 1. The minimum Gasteiger partial charge on any atom is -0.368 e. The van der Waals surface area contributed by atoms with Gasteiger partial charge in [-0.25, -0.2) is 0 Å². The highest BCUT2D eigenvalue weighted by atomic mass is 16.1. The molecule has 0 bridgehead atoms. The van der Waals surface area contributed by atoms with Crippen molar-refractivity contribution in [2.45, 2.75) is 51.1 Å². The van der Waals surface area contributed by atoms with Crippen LogP contribution in [0.4, 0.5) is 0 Å². The summed E-state index contributed by atoms with van der Waals surface area (Å²) in [5.74, 6) is -0.232. The summed E-state index contributed by atoms with van der Waals surface area (Å²) in [6.07, 6.45) is 4.27. The third-order valence-corrected chi connectivity index (χ3v) is 3.24. The second kappa shape index (κ2) is 5.64. The fourth-order valence-electron chi connectivity index (χ4n) is 1.85. The van der Waals surface area contributed by atoms with E-state index in [2.05, 4.69) is 24.2 Å². The highest BCUT2D eigenvalue weighted by Gasteiger charge is 2.36. The van der Waals surface area contributed by atoms with Gasteiger partial charge >= 0.3 is 0 Å². The number of nitrogens with two attached hydrogens (primary N) is 1. The third-order valence-electron chi connectivity index (χ3n) is 3.24. The first kappa shape index (κ1) is 13.5. The van der Waals surface area contributed by atoms with Crippen molar-refractivity contribution in [2.75, 3.05) is 20.1 Å². The maximum atomic E-state index is 11.5. The van der Waals surface area contributed by atoms with Crippen molar-refractivity contribution in [2.24, 2.45) is 5.73 Å². The van der Waals surface area contributed by atoms with Crippen molar-refractivity contribution in [1.29, 1.82) is 0 Å². The lowest BCUT2D eigenvalue weighted by Gasteiger charge is -2.29. The Kier molecular flexibility index (Phi) is 4.74. The first-order valence-electron chi connectivity index (χ1n) is 6.24. The first-order valence-corrected chi connectivity index (χ1v) is 6.24. The van der Waals surface area contributed by atoms with Crippen LogP contribution in [0.3, 0.4) is 0 Å². The molecule has 1 atom stereocenters. The van der Waals surface area contributed by atoms with Crippen LogP contribution in [-0.2, 0) is 4.79 Å². The second-order valence-corrected chi connectivity index (χ2v) is 5.17. The molecule has 4 heteroatoms. The molecular formula is C12H25N3O. The zero-order valence-corrected chi connectivity index (χ0v) is 10.8. The Hall–Kier alpha value is -0.610. The fourth-order valence-corrected chi connectivity index (χ4v) is 1.85. The van der Waals surface area contributed by atoms with Gasteiger partial charge in [0.05, 0.1) is 5.54 Å². The summed E-state index contributed by atoms with van der Waals surface area (Å²) < 4.78 is 0. The molecule has 0 heterocycles. The van der Waals surface area contributed by atoms with E-state index in [-0.39, 0.29) is 5.91 Å². The molecule has 16 heavy (non-hydrogen) atoms. The quantitative estimate of drug-likeness (QED) is 0.642. The van der Waals surface area contributed by atoms with Crippen LogP contribution in [0.5, 0.6) is 0 Å². The molecule has 94 valence electrons. The molecule has 1 saturated carbocycles. The van der Waals surface area contributed by atoms with E-state index in [0.717, 1.165) is 25.9 Å². The van der Waals surface area contributed by atoms with E-state index in [1.54, 1.807) is 0 Å². The number of hydrogen-bond acceptors (Lipinski definition) is 3. The molecule has 1 amide bonds. The predicted octanol–water partition coefficient (Wildman–Crippen LogP) is 0.714. The first-order chi connectivity index (χ1) is 7.48. The van der Waals surface area contributed by atoms with E-state index in [9.17, 15) is 4.79 Å². The standard InChI is InChI=1S/C12H25N3O/c1-4-8-15(3)9-7-12(2,11(13)16)14-10-5-6-10/h10,14H,4-9H2,1-3H3,(H2,13,16). The monoisotopic (exact) mass is 227 g/mol. The maximum absolute atomic E-state index is 11.5. The van der Waals surface area contributed by atoms with E-state index in [1.165, 1.54) is 12.8 Å². The molecule has 0 saturated heterocycles. The molecule has 0 spiro atoms. The Labute approximate surface area is 98.6 Å². The predicted molar refractivity (Wildman–Crippen MR) is 66.2 cm³/mol.